The molecule has 0 saturated carbocycles. The number of nitrogens with zero attached hydrogens (tertiary/aromatic N) is 1. The molecule has 0 aliphatic heterocycles. The normalized spacial score (nSPS) is 10.8. The molecule has 0 atom stereocenters. The third-order valence-electron chi connectivity index (χ3n) is 3.74. The lowest BCUT2D eigenvalue weighted by Gasteiger charge is -2.15. The third-order valence-corrected chi connectivity index (χ3v) is 3.74. The first-order valence-electron chi connectivity index (χ1n) is 6.98. The fourth-order valence-electron chi connectivity index (χ4n) is 2.81. The molecule has 106 valence electrons. The fraction of sp³-hybridized carbons (Fsp3) is 0.167. The van der Waals surface area contributed by atoms with Gasteiger partial charge in [-0.05, 0) is 18.4 Å². The van der Waals surface area contributed by atoms with Crippen LogP contribution in [-0.4, -0.2) is 12.1 Å². The molecule has 0 unspecified atom stereocenters. The van der Waals surface area contributed by atoms with E-state index in [1.54, 1.807) is 7.11 Å². The van der Waals surface area contributed by atoms with Crippen LogP contribution >= 0.6 is 0 Å². The van der Waals surface area contributed by atoms with Gasteiger partial charge in [0.1, 0.15) is 5.75 Å². The number of pyridine rings is 1. The van der Waals surface area contributed by atoms with E-state index in [9.17, 15) is 0 Å². The molecular weight excluding hydrogens is 260 g/mol. The molecule has 3 nitrogen and oxygen atoms in total. The Balaban J connectivity index is 2.40. The van der Waals surface area contributed by atoms with Gasteiger partial charge >= 0.3 is 0 Å². The maximum Gasteiger partial charge on any atom is 0.126 e. The Morgan fingerprint density at radius 2 is 1.67 bits per heavy atom. The Morgan fingerprint density at radius 1 is 1.00 bits per heavy atom. The van der Waals surface area contributed by atoms with Crippen molar-refractivity contribution in [1.29, 1.82) is 0 Å². The van der Waals surface area contributed by atoms with Crippen LogP contribution in [0, 0.1) is 6.92 Å². The average molecular weight is 278 g/mol. The number of fused-ring (bicyclic) bond motifs is 1. The molecule has 0 radical (unpaired) electrons. The quantitative estimate of drug-likeness (QED) is 0.795. The number of para-hydroxylation sites is 1. The van der Waals surface area contributed by atoms with Crippen molar-refractivity contribution in [1.82, 2.24) is 4.98 Å². The summed E-state index contributed by atoms with van der Waals surface area (Å²) in [5, 5.41) is 2.27. The van der Waals surface area contributed by atoms with E-state index in [1.807, 2.05) is 37.3 Å². The van der Waals surface area contributed by atoms with Crippen LogP contribution in [-0.2, 0) is 6.54 Å². The first-order valence-corrected chi connectivity index (χ1v) is 6.98. The zero-order chi connectivity index (χ0) is 14.8. The second-order valence-electron chi connectivity index (χ2n) is 4.97. The summed E-state index contributed by atoms with van der Waals surface area (Å²) in [7, 11) is 1.69. The highest BCUT2D eigenvalue weighted by Crippen LogP contribution is 2.37. The van der Waals surface area contributed by atoms with Gasteiger partial charge in [0.2, 0.25) is 0 Å². The zero-order valence-corrected chi connectivity index (χ0v) is 12.3. The van der Waals surface area contributed by atoms with Gasteiger partial charge in [0.15, 0.2) is 0 Å². The molecule has 2 N–H and O–H groups in total. The van der Waals surface area contributed by atoms with E-state index in [4.69, 9.17) is 15.5 Å². The van der Waals surface area contributed by atoms with Crippen LogP contribution in [0.25, 0.3) is 21.9 Å². The largest absolute Gasteiger partial charge is 0.496 e. The molecule has 1 heterocycles. The second-order valence-corrected chi connectivity index (χ2v) is 4.97. The van der Waals surface area contributed by atoms with Crippen molar-refractivity contribution in [2.45, 2.75) is 13.5 Å². The minimum absolute atomic E-state index is 0.438. The van der Waals surface area contributed by atoms with Crippen LogP contribution in [0.4, 0.5) is 0 Å². The Hall–Kier alpha value is -2.39. The number of aryl methyl sites for hydroxylation is 1. The van der Waals surface area contributed by atoms with Gasteiger partial charge in [-0.15, -0.1) is 0 Å². The predicted octanol–water partition coefficient (Wildman–Crippen LogP) is 3.68. The number of benzene rings is 2. The number of methoxy groups -OCH3 is 1. The molecular formula is C18H18N2O. The smallest absolute Gasteiger partial charge is 0.126 e. The van der Waals surface area contributed by atoms with E-state index < -0.39 is 0 Å². The summed E-state index contributed by atoms with van der Waals surface area (Å²) in [5.41, 5.74) is 9.92. The monoisotopic (exact) mass is 278 g/mol. The van der Waals surface area contributed by atoms with E-state index in [1.165, 1.54) is 0 Å². The van der Waals surface area contributed by atoms with Crippen LogP contribution in [0.5, 0.6) is 5.75 Å². The molecule has 1 aromatic heterocycles. The molecule has 0 amide bonds. The Kier molecular flexibility index (Phi) is 3.59. The van der Waals surface area contributed by atoms with Crippen LogP contribution in [0.3, 0.4) is 0 Å². The summed E-state index contributed by atoms with van der Waals surface area (Å²) < 4.78 is 5.51. The highest BCUT2D eigenvalue weighted by atomic mass is 16.5. The molecule has 0 aliphatic rings. The van der Waals surface area contributed by atoms with Crippen molar-refractivity contribution in [3.63, 3.8) is 0 Å². The molecule has 21 heavy (non-hydrogen) atoms. The van der Waals surface area contributed by atoms with Crippen molar-refractivity contribution in [3.05, 3.63) is 59.9 Å². The van der Waals surface area contributed by atoms with Crippen LogP contribution in [0.1, 0.15) is 11.4 Å². The van der Waals surface area contributed by atoms with Gasteiger partial charge < -0.3 is 10.5 Å². The van der Waals surface area contributed by atoms with Gasteiger partial charge in [-0.3, -0.25) is 4.98 Å². The van der Waals surface area contributed by atoms with Gasteiger partial charge in [-0.2, -0.15) is 0 Å². The van der Waals surface area contributed by atoms with E-state index in [0.717, 1.165) is 39.0 Å². The summed E-state index contributed by atoms with van der Waals surface area (Å²) >= 11 is 0. The van der Waals surface area contributed by atoms with E-state index in [2.05, 4.69) is 18.2 Å². The zero-order valence-electron chi connectivity index (χ0n) is 12.3. The summed E-state index contributed by atoms with van der Waals surface area (Å²) in [6.07, 6.45) is 0. The van der Waals surface area contributed by atoms with Crippen LogP contribution in [0.15, 0.2) is 48.5 Å². The third kappa shape index (κ3) is 2.26. The molecule has 0 fully saturated rings. The van der Waals surface area contributed by atoms with Gasteiger partial charge in [0, 0.05) is 28.8 Å². The summed E-state index contributed by atoms with van der Waals surface area (Å²) in [5.74, 6) is 0.855. The molecule has 3 aromatic rings. The minimum atomic E-state index is 0.438. The van der Waals surface area contributed by atoms with Crippen molar-refractivity contribution in [2.75, 3.05) is 7.11 Å². The van der Waals surface area contributed by atoms with E-state index >= 15 is 0 Å². The van der Waals surface area contributed by atoms with E-state index in [-0.39, 0.29) is 0 Å². The first-order chi connectivity index (χ1) is 10.3. The fourth-order valence-corrected chi connectivity index (χ4v) is 2.81. The van der Waals surface area contributed by atoms with Gasteiger partial charge in [0.25, 0.3) is 0 Å². The summed E-state index contributed by atoms with van der Waals surface area (Å²) in [6, 6.07) is 16.3. The van der Waals surface area contributed by atoms with Crippen molar-refractivity contribution in [3.8, 4) is 16.9 Å². The highest BCUT2D eigenvalue weighted by Gasteiger charge is 2.14. The maximum absolute atomic E-state index is 5.84. The average Bonchev–Trinajstić information content (AvgIpc) is 2.54. The molecule has 3 heteroatoms. The lowest BCUT2D eigenvalue weighted by Crippen LogP contribution is -2.04. The number of rotatable bonds is 3. The lowest BCUT2D eigenvalue weighted by atomic mass is 9.95. The molecule has 3 rings (SSSR count). The van der Waals surface area contributed by atoms with Crippen LogP contribution in [0.2, 0.25) is 0 Å². The number of hydrogen-bond donors (Lipinski definition) is 1. The van der Waals surface area contributed by atoms with Gasteiger partial charge in [0.05, 0.1) is 12.8 Å². The molecule has 0 aliphatic carbocycles. The molecule has 2 aromatic carbocycles. The second kappa shape index (κ2) is 5.54. The predicted molar refractivity (Wildman–Crippen MR) is 86.4 cm³/mol. The summed E-state index contributed by atoms with van der Waals surface area (Å²) in [6.45, 7) is 2.46. The molecule has 0 bridgehead atoms. The molecule has 0 saturated heterocycles. The number of nitrogens with two attached hydrogens (primary N) is 1. The first kappa shape index (κ1) is 13.6. The van der Waals surface area contributed by atoms with Crippen molar-refractivity contribution < 1.29 is 4.74 Å². The Morgan fingerprint density at radius 3 is 2.38 bits per heavy atom. The Bertz CT molecular complexity index is 796. The SMILES string of the molecule is COc1ccccc1-c1c(C)nc(CN)c2ccccc12. The van der Waals surface area contributed by atoms with Crippen molar-refractivity contribution in [2.24, 2.45) is 5.73 Å². The highest BCUT2D eigenvalue weighted by molar-refractivity contribution is 6.00. The number of hydrogen-bond acceptors (Lipinski definition) is 3. The van der Waals surface area contributed by atoms with Crippen LogP contribution < -0.4 is 10.5 Å². The van der Waals surface area contributed by atoms with Crippen molar-refractivity contribution >= 4 is 10.8 Å². The van der Waals surface area contributed by atoms with E-state index in [0.29, 0.717) is 6.54 Å². The van der Waals surface area contributed by atoms with Gasteiger partial charge in [-0.25, -0.2) is 0 Å². The number of aromatic nitrogens is 1. The topological polar surface area (TPSA) is 48.1 Å². The van der Waals surface area contributed by atoms with Gasteiger partial charge in [-0.1, -0.05) is 42.5 Å². The summed E-state index contributed by atoms with van der Waals surface area (Å²) in [4.78, 5) is 4.69. The number of ether oxygens (including phenoxy) is 1. The minimum Gasteiger partial charge on any atom is -0.496 e. The molecule has 0 spiro atoms. The maximum atomic E-state index is 5.84. The Labute approximate surface area is 124 Å². The lowest BCUT2D eigenvalue weighted by molar-refractivity contribution is 0.416. The standard InChI is InChI=1S/C18H18N2O/c1-12-18(15-9-5-6-10-17(15)21-2)14-8-4-3-7-13(14)16(11-19)20-12/h3-10H,11,19H2,1-2H3.